The van der Waals surface area contributed by atoms with Gasteiger partial charge in [0, 0.05) is 0 Å². The number of benzene rings is 2. The molecule has 0 aromatic heterocycles. The SMILES string of the molecule is CC[C@H](C)c1ccc(OCCOc2c(Cl)cc(/C=N\NC(N)=S)cc2OC)cc1. The lowest BCUT2D eigenvalue weighted by molar-refractivity contribution is 0.211. The van der Waals surface area contributed by atoms with Crippen molar-refractivity contribution in [3.63, 3.8) is 0 Å². The van der Waals surface area contributed by atoms with E-state index in [1.807, 2.05) is 12.1 Å². The van der Waals surface area contributed by atoms with E-state index in [0.717, 1.165) is 12.2 Å². The van der Waals surface area contributed by atoms with Gasteiger partial charge in [0.05, 0.1) is 18.3 Å². The largest absolute Gasteiger partial charge is 0.493 e. The van der Waals surface area contributed by atoms with Crippen LogP contribution >= 0.6 is 23.8 Å². The molecule has 156 valence electrons. The summed E-state index contributed by atoms with van der Waals surface area (Å²) < 4.78 is 16.9. The van der Waals surface area contributed by atoms with Crippen molar-refractivity contribution in [1.82, 2.24) is 5.43 Å². The number of thiocarbonyl (C=S) groups is 1. The Kier molecular flexibility index (Phi) is 9.02. The zero-order chi connectivity index (χ0) is 21.2. The molecule has 2 rings (SSSR count). The van der Waals surface area contributed by atoms with Crippen LogP contribution in [0.4, 0.5) is 0 Å². The Balaban J connectivity index is 1.92. The van der Waals surface area contributed by atoms with Gasteiger partial charge in [-0.25, -0.2) is 0 Å². The van der Waals surface area contributed by atoms with Gasteiger partial charge in [-0.05, 0) is 59.9 Å². The second-order valence-electron chi connectivity index (χ2n) is 6.34. The van der Waals surface area contributed by atoms with Crippen molar-refractivity contribution >= 4 is 35.1 Å². The highest BCUT2D eigenvalue weighted by Crippen LogP contribution is 2.36. The number of ether oxygens (including phenoxy) is 3. The van der Waals surface area contributed by atoms with Gasteiger partial charge in [-0.1, -0.05) is 37.6 Å². The standard InChI is InChI=1S/C21H26ClN3O3S/c1-4-14(2)16-5-7-17(8-6-16)27-9-10-28-20-18(22)11-15(12-19(20)26-3)13-24-25-21(23)29/h5-8,11-14H,4,9-10H2,1-3H3,(H3,23,25,29)/b24-13-/t14-/m0/s1. The summed E-state index contributed by atoms with van der Waals surface area (Å²) in [6.45, 7) is 5.09. The predicted octanol–water partition coefficient (Wildman–Crippen LogP) is 4.49. The van der Waals surface area contributed by atoms with Crippen LogP contribution in [0.3, 0.4) is 0 Å². The van der Waals surface area contributed by atoms with Crippen LogP contribution in [-0.4, -0.2) is 31.7 Å². The molecule has 2 aromatic rings. The second-order valence-corrected chi connectivity index (χ2v) is 7.19. The van der Waals surface area contributed by atoms with E-state index in [-0.39, 0.29) is 5.11 Å². The molecule has 3 N–H and O–H groups in total. The molecule has 6 nitrogen and oxygen atoms in total. The van der Waals surface area contributed by atoms with Gasteiger partial charge in [0.1, 0.15) is 19.0 Å². The number of methoxy groups -OCH3 is 1. The minimum Gasteiger partial charge on any atom is -0.493 e. The van der Waals surface area contributed by atoms with Gasteiger partial charge in [0.2, 0.25) is 0 Å². The Labute approximate surface area is 182 Å². The number of hydrogen-bond donors (Lipinski definition) is 2. The summed E-state index contributed by atoms with van der Waals surface area (Å²) in [7, 11) is 1.54. The zero-order valence-electron chi connectivity index (χ0n) is 16.8. The molecular formula is C21H26ClN3O3S. The van der Waals surface area contributed by atoms with Crippen LogP contribution in [0.5, 0.6) is 17.2 Å². The summed E-state index contributed by atoms with van der Waals surface area (Å²) in [6.07, 6.45) is 2.64. The number of hydrogen-bond acceptors (Lipinski definition) is 5. The first-order chi connectivity index (χ1) is 13.9. The van der Waals surface area contributed by atoms with E-state index in [1.165, 1.54) is 11.8 Å². The van der Waals surface area contributed by atoms with Crippen molar-refractivity contribution in [2.75, 3.05) is 20.3 Å². The van der Waals surface area contributed by atoms with Crippen LogP contribution in [0.1, 0.15) is 37.3 Å². The topological polar surface area (TPSA) is 78.1 Å². The number of nitrogens with two attached hydrogens (primary N) is 1. The Morgan fingerprint density at radius 2 is 1.93 bits per heavy atom. The maximum Gasteiger partial charge on any atom is 0.184 e. The number of rotatable bonds is 10. The summed E-state index contributed by atoms with van der Waals surface area (Å²) in [4.78, 5) is 0. The molecule has 0 aliphatic heterocycles. The Morgan fingerprint density at radius 1 is 1.24 bits per heavy atom. The van der Waals surface area contributed by atoms with Crippen LogP contribution in [0.2, 0.25) is 5.02 Å². The fourth-order valence-electron chi connectivity index (χ4n) is 2.56. The summed E-state index contributed by atoms with van der Waals surface area (Å²) in [5, 5.41) is 4.38. The van der Waals surface area contributed by atoms with E-state index in [1.54, 1.807) is 19.2 Å². The average Bonchev–Trinajstić information content (AvgIpc) is 2.71. The lowest BCUT2D eigenvalue weighted by atomic mass is 9.99. The number of halogens is 1. The minimum atomic E-state index is 0.0776. The third kappa shape index (κ3) is 7.11. The maximum atomic E-state index is 6.33. The fourth-order valence-corrected chi connectivity index (χ4v) is 2.88. The van der Waals surface area contributed by atoms with Crippen LogP contribution in [-0.2, 0) is 0 Å². The minimum absolute atomic E-state index is 0.0776. The zero-order valence-corrected chi connectivity index (χ0v) is 18.3. The van der Waals surface area contributed by atoms with Crippen molar-refractivity contribution in [3.05, 3.63) is 52.5 Å². The van der Waals surface area contributed by atoms with Crippen molar-refractivity contribution in [1.29, 1.82) is 0 Å². The monoisotopic (exact) mass is 435 g/mol. The van der Waals surface area contributed by atoms with E-state index >= 15 is 0 Å². The van der Waals surface area contributed by atoms with E-state index in [9.17, 15) is 0 Å². The highest BCUT2D eigenvalue weighted by Gasteiger charge is 2.12. The van der Waals surface area contributed by atoms with E-state index in [2.05, 4.69) is 36.5 Å². The molecule has 2 aromatic carbocycles. The summed E-state index contributed by atoms with van der Waals surface area (Å²) in [6, 6.07) is 11.6. The van der Waals surface area contributed by atoms with E-state index in [4.69, 9.17) is 43.8 Å². The second kappa shape index (κ2) is 11.5. The first kappa shape index (κ1) is 22.8. The molecule has 8 heteroatoms. The third-order valence-electron chi connectivity index (χ3n) is 4.30. The van der Waals surface area contributed by atoms with Gasteiger partial charge in [0.15, 0.2) is 16.6 Å². The van der Waals surface area contributed by atoms with Gasteiger partial charge in [-0.2, -0.15) is 5.10 Å². The lowest BCUT2D eigenvalue weighted by Gasteiger charge is -2.14. The molecule has 0 saturated heterocycles. The normalized spacial score (nSPS) is 11.9. The van der Waals surface area contributed by atoms with Crippen molar-refractivity contribution in [2.45, 2.75) is 26.2 Å². The third-order valence-corrected chi connectivity index (χ3v) is 4.67. The molecule has 0 bridgehead atoms. The number of hydrazone groups is 1. The summed E-state index contributed by atoms with van der Waals surface area (Å²) in [5.74, 6) is 2.28. The molecule has 1 atom stereocenters. The number of nitrogens with one attached hydrogen (secondary N) is 1. The van der Waals surface area contributed by atoms with Gasteiger partial charge < -0.3 is 19.9 Å². The average molecular weight is 436 g/mol. The summed E-state index contributed by atoms with van der Waals surface area (Å²) >= 11 is 11.0. The van der Waals surface area contributed by atoms with Crippen molar-refractivity contribution in [2.24, 2.45) is 10.8 Å². The quantitative estimate of drug-likeness (QED) is 0.248. The fraction of sp³-hybridized carbons (Fsp3) is 0.333. The Morgan fingerprint density at radius 3 is 2.55 bits per heavy atom. The lowest BCUT2D eigenvalue weighted by Crippen LogP contribution is -2.23. The van der Waals surface area contributed by atoms with Crippen LogP contribution in [0.15, 0.2) is 41.5 Å². The molecule has 0 fully saturated rings. The van der Waals surface area contributed by atoms with Gasteiger partial charge >= 0.3 is 0 Å². The van der Waals surface area contributed by atoms with Gasteiger partial charge in [-0.15, -0.1) is 0 Å². The van der Waals surface area contributed by atoms with Crippen molar-refractivity contribution < 1.29 is 14.2 Å². The van der Waals surface area contributed by atoms with Crippen LogP contribution in [0.25, 0.3) is 0 Å². The molecule has 0 radical (unpaired) electrons. The molecule has 0 unspecified atom stereocenters. The molecule has 29 heavy (non-hydrogen) atoms. The number of nitrogens with zero attached hydrogens (tertiary/aromatic N) is 1. The van der Waals surface area contributed by atoms with Gasteiger partial charge in [-0.3, -0.25) is 5.43 Å². The maximum absolute atomic E-state index is 6.33. The molecule has 0 heterocycles. The van der Waals surface area contributed by atoms with Crippen molar-refractivity contribution in [3.8, 4) is 17.2 Å². The molecule has 0 saturated carbocycles. The van der Waals surface area contributed by atoms with Crippen LogP contribution < -0.4 is 25.4 Å². The van der Waals surface area contributed by atoms with Crippen LogP contribution in [0, 0.1) is 0 Å². The Hall–Kier alpha value is -2.51. The summed E-state index contributed by atoms with van der Waals surface area (Å²) in [5.41, 5.74) is 9.82. The molecule has 0 aliphatic carbocycles. The van der Waals surface area contributed by atoms with E-state index < -0.39 is 0 Å². The molecule has 0 aliphatic rings. The Bertz CT molecular complexity index is 844. The highest BCUT2D eigenvalue weighted by molar-refractivity contribution is 7.80. The van der Waals surface area contributed by atoms with Gasteiger partial charge in [0.25, 0.3) is 0 Å². The molecular weight excluding hydrogens is 410 g/mol. The first-order valence-electron chi connectivity index (χ1n) is 9.26. The first-order valence-corrected chi connectivity index (χ1v) is 10.0. The predicted molar refractivity (Wildman–Crippen MR) is 122 cm³/mol. The van der Waals surface area contributed by atoms with E-state index in [0.29, 0.717) is 41.2 Å². The smallest absolute Gasteiger partial charge is 0.184 e. The highest BCUT2D eigenvalue weighted by atomic mass is 35.5. The molecule has 0 spiro atoms. The molecule has 0 amide bonds.